The van der Waals surface area contributed by atoms with Crippen molar-refractivity contribution in [3.05, 3.63) is 30.1 Å². The topological polar surface area (TPSA) is 55.1 Å². The van der Waals surface area contributed by atoms with E-state index in [2.05, 4.69) is 28.8 Å². The third kappa shape index (κ3) is 3.55. The normalized spacial score (nSPS) is 14.6. The third-order valence-corrected chi connectivity index (χ3v) is 4.36. The first-order valence-electron chi connectivity index (χ1n) is 8.38. The van der Waals surface area contributed by atoms with Gasteiger partial charge in [0.2, 0.25) is 0 Å². The second-order valence-electron chi connectivity index (χ2n) is 6.23. The van der Waals surface area contributed by atoms with E-state index >= 15 is 0 Å². The quantitative estimate of drug-likeness (QED) is 0.722. The average Bonchev–Trinajstić information content (AvgIpc) is 3.31. The molecule has 4 nitrogen and oxygen atoms in total. The second kappa shape index (κ2) is 7.05. The van der Waals surface area contributed by atoms with Crippen LogP contribution < -0.4 is 0 Å². The molecule has 1 aromatic heterocycles. The van der Waals surface area contributed by atoms with Gasteiger partial charge in [-0.2, -0.15) is 0 Å². The summed E-state index contributed by atoms with van der Waals surface area (Å²) in [6.45, 7) is -0.314. The Bertz CT molecular complexity index is 644. The van der Waals surface area contributed by atoms with Crippen molar-refractivity contribution >= 4 is 16.8 Å². The summed E-state index contributed by atoms with van der Waals surface area (Å²) in [7, 11) is 0. The van der Waals surface area contributed by atoms with Gasteiger partial charge < -0.3 is 9.67 Å². The maximum atomic E-state index is 11.0. The Kier molecular flexibility index (Phi) is 4.88. The van der Waals surface area contributed by atoms with Crippen LogP contribution in [0.15, 0.2) is 24.3 Å². The maximum absolute atomic E-state index is 11.0. The summed E-state index contributed by atoms with van der Waals surface area (Å²) in [4.78, 5) is 15.8. The minimum atomic E-state index is -0.314. The van der Waals surface area contributed by atoms with Gasteiger partial charge in [-0.15, -0.1) is 0 Å². The van der Waals surface area contributed by atoms with Gasteiger partial charge in [0.25, 0.3) is 0 Å². The highest BCUT2D eigenvalue weighted by Gasteiger charge is 2.27. The first-order valence-corrected chi connectivity index (χ1v) is 8.38. The first kappa shape index (κ1) is 15.2. The van der Waals surface area contributed by atoms with E-state index in [1.807, 2.05) is 0 Å². The molecule has 0 radical (unpaired) electrons. The zero-order chi connectivity index (χ0) is 15.4. The molecule has 0 bridgehead atoms. The number of aliphatic hydroxyl groups excluding tert-OH is 1. The molecule has 3 rings (SSSR count). The van der Waals surface area contributed by atoms with Gasteiger partial charge in [0, 0.05) is 18.9 Å². The molecular weight excluding hydrogens is 276 g/mol. The number of hydrogen-bond donors (Lipinski definition) is 1. The summed E-state index contributed by atoms with van der Waals surface area (Å²) in [6, 6.07) is 9.06. The standard InChI is InChI=1S/C18H24N2O2/c21-13-15(22)7-3-1-2-4-10-18-19-16-8-5-6-9-17(16)20(18)14-11-12-14/h5-6,8-9,14,21H,1-4,7,10-13H2. The number of para-hydroxylation sites is 2. The molecular formula is C18H24N2O2. The smallest absolute Gasteiger partial charge is 0.158 e. The van der Waals surface area contributed by atoms with E-state index in [1.165, 1.54) is 24.2 Å². The molecule has 2 aromatic rings. The molecule has 1 aliphatic rings. The number of fused-ring (bicyclic) bond motifs is 1. The number of nitrogens with zero attached hydrogens (tertiary/aromatic N) is 2. The van der Waals surface area contributed by atoms with Crippen molar-refractivity contribution < 1.29 is 9.90 Å². The van der Waals surface area contributed by atoms with Crippen LogP contribution in [-0.2, 0) is 11.2 Å². The van der Waals surface area contributed by atoms with Gasteiger partial charge in [-0.25, -0.2) is 4.98 Å². The summed E-state index contributed by atoms with van der Waals surface area (Å²) in [5.41, 5.74) is 2.38. The predicted molar refractivity (Wildman–Crippen MR) is 86.9 cm³/mol. The Morgan fingerprint density at radius 1 is 1.18 bits per heavy atom. The molecule has 0 saturated heterocycles. The monoisotopic (exact) mass is 300 g/mol. The number of aliphatic hydroxyl groups is 1. The van der Waals surface area contributed by atoms with Crippen LogP contribution in [0.4, 0.5) is 0 Å². The van der Waals surface area contributed by atoms with E-state index in [4.69, 9.17) is 10.1 Å². The van der Waals surface area contributed by atoms with E-state index in [0.29, 0.717) is 12.5 Å². The third-order valence-electron chi connectivity index (χ3n) is 4.36. The highest BCUT2D eigenvalue weighted by atomic mass is 16.3. The molecule has 0 atom stereocenters. The molecule has 1 aromatic carbocycles. The highest BCUT2D eigenvalue weighted by molar-refractivity contribution is 5.79. The maximum Gasteiger partial charge on any atom is 0.158 e. The van der Waals surface area contributed by atoms with Gasteiger partial charge in [0.15, 0.2) is 5.78 Å². The lowest BCUT2D eigenvalue weighted by molar-refractivity contribution is -0.121. The first-order chi connectivity index (χ1) is 10.8. The fourth-order valence-electron chi connectivity index (χ4n) is 3.05. The minimum absolute atomic E-state index is 0.0458. The van der Waals surface area contributed by atoms with Gasteiger partial charge in [-0.05, 0) is 37.8 Å². The lowest BCUT2D eigenvalue weighted by Gasteiger charge is -2.07. The molecule has 22 heavy (non-hydrogen) atoms. The number of benzene rings is 1. The number of imidazole rings is 1. The van der Waals surface area contributed by atoms with Crippen molar-refractivity contribution in [1.29, 1.82) is 0 Å². The Labute approximate surface area is 131 Å². The van der Waals surface area contributed by atoms with Crippen molar-refractivity contribution in [2.75, 3.05) is 6.61 Å². The molecule has 0 amide bonds. The van der Waals surface area contributed by atoms with Gasteiger partial charge in [-0.1, -0.05) is 25.0 Å². The summed E-state index contributed by atoms with van der Waals surface area (Å²) in [5, 5.41) is 8.68. The van der Waals surface area contributed by atoms with E-state index in [-0.39, 0.29) is 12.4 Å². The van der Waals surface area contributed by atoms with Crippen LogP contribution in [0, 0.1) is 0 Å². The molecule has 1 aliphatic carbocycles. The molecule has 4 heteroatoms. The second-order valence-corrected chi connectivity index (χ2v) is 6.23. The van der Waals surface area contributed by atoms with Crippen LogP contribution in [0.2, 0.25) is 0 Å². The van der Waals surface area contributed by atoms with E-state index < -0.39 is 0 Å². The van der Waals surface area contributed by atoms with Crippen LogP contribution in [0.25, 0.3) is 11.0 Å². The van der Waals surface area contributed by atoms with Crippen LogP contribution in [0.3, 0.4) is 0 Å². The number of aryl methyl sites for hydroxylation is 1. The number of carbonyl (C=O) groups is 1. The molecule has 1 N–H and O–H groups in total. The summed E-state index contributed by atoms with van der Waals surface area (Å²) in [5.74, 6) is 1.17. The Hall–Kier alpha value is -1.68. The Morgan fingerprint density at radius 2 is 1.95 bits per heavy atom. The van der Waals surface area contributed by atoms with Crippen molar-refractivity contribution in [2.24, 2.45) is 0 Å². The molecule has 1 saturated carbocycles. The molecule has 1 heterocycles. The Morgan fingerprint density at radius 3 is 2.73 bits per heavy atom. The summed E-state index contributed by atoms with van der Waals surface area (Å²) < 4.78 is 2.44. The number of aromatic nitrogens is 2. The fraction of sp³-hybridized carbons (Fsp3) is 0.556. The minimum Gasteiger partial charge on any atom is -0.389 e. The van der Waals surface area contributed by atoms with Crippen LogP contribution in [0.5, 0.6) is 0 Å². The van der Waals surface area contributed by atoms with Crippen LogP contribution in [0.1, 0.15) is 56.8 Å². The molecule has 118 valence electrons. The lowest BCUT2D eigenvalue weighted by Crippen LogP contribution is -2.03. The highest BCUT2D eigenvalue weighted by Crippen LogP contribution is 2.38. The summed E-state index contributed by atoms with van der Waals surface area (Å²) in [6.07, 6.45) is 8.24. The van der Waals surface area contributed by atoms with Crippen LogP contribution in [-0.4, -0.2) is 27.0 Å². The van der Waals surface area contributed by atoms with E-state index in [9.17, 15) is 4.79 Å². The van der Waals surface area contributed by atoms with Gasteiger partial charge >= 0.3 is 0 Å². The average molecular weight is 300 g/mol. The van der Waals surface area contributed by atoms with Crippen LogP contribution >= 0.6 is 0 Å². The van der Waals surface area contributed by atoms with Crippen molar-refractivity contribution in [2.45, 2.75) is 57.4 Å². The van der Waals surface area contributed by atoms with E-state index in [1.54, 1.807) is 0 Å². The number of Topliss-reactive ketones (excluding diaryl/α,β-unsaturated/α-hetero) is 1. The lowest BCUT2D eigenvalue weighted by atomic mass is 10.1. The van der Waals surface area contributed by atoms with Gasteiger partial charge in [-0.3, -0.25) is 4.79 Å². The van der Waals surface area contributed by atoms with Crippen molar-refractivity contribution in [3.63, 3.8) is 0 Å². The zero-order valence-corrected chi connectivity index (χ0v) is 13.0. The number of hydrogen-bond acceptors (Lipinski definition) is 3. The predicted octanol–water partition coefficient (Wildman–Crippen LogP) is 3.43. The van der Waals surface area contributed by atoms with Crippen molar-refractivity contribution in [1.82, 2.24) is 9.55 Å². The SMILES string of the molecule is O=C(CO)CCCCCCc1nc2ccccc2n1C1CC1. The summed E-state index contributed by atoms with van der Waals surface area (Å²) >= 11 is 0. The largest absolute Gasteiger partial charge is 0.389 e. The molecule has 1 fully saturated rings. The molecule has 0 unspecified atom stereocenters. The zero-order valence-electron chi connectivity index (χ0n) is 13.0. The number of ketones is 1. The van der Waals surface area contributed by atoms with Gasteiger partial charge in [0.05, 0.1) is 11.0 Å². The molecule has 0 aliphatic heterocycles. The number of carbonyl (C=O) groups excluding carboxylic acids is 1. The fourth-order valence-corrected chi connectivity index (χ4v) is 3.05. The molecule has 0 spiro atoms. The van der Waals surface area contributed by atoms with Gasteiger partial charge in [0.1, 0.15) is 12.4 Å². The Balaban J connectivity index is 1.53. The number of unbranched alkanes of at least 4 members (excludes halogenated alkanes) is 3. The van der Waals surface area contributed by atoms with Crippen molar-refractivity contribution in [3.8, 4) is 0 Å². The van der Waals surface area contributed by atoms with E-state index in [0.717, 1.165) is 37.6 Å². The number of rotatable bonds is 9.